The highest BCUT2D eigenvalue weighted by Gasteiger charge is 2.40. The second-order valence-corrected chi connectivity index (χ2v) is 8.41. The fraction of sp³-hybridized carbons (Fsp3) is 0.429. The van der Waals surface area contributed by atoms with Crippen LogP contribution in [0.4, 0.5) is 0 Å². The van der Waals surface area contributed by atoms with Crippen molar-refractivity contribution in [3.63, 3.8) is 0 Å². The lowest BCUT2D eigenvalue weighted by Crippen LogP contribution is -2.31. The standard InChI is InChI=1S/C21H27I/c1-7-18(22)16-11-9-15(10-12-16)17-13-14-20(3,4)19(8-2)21(17,5)6/h7-13H,14H2,1-6H3/b18-7-,19-8+. The van der Waals surface area contributed by atoms with Crippen molar-refractivity contribution in [1.82, 2.24) is 0 Å². The van der Waals surface area contributed by atoms with Crippen molar-refractivity contribution in [3.8, 4) is 0 Å². The van der Waals surface area contributed by atoms with Gasteiger partial charge in [0.25, 0.3) is 0 Å². The molecular weight excluding hydrogens is 379 g/mol. The van der Waals surface area contributed by atoms with E-state index in [9.17, 15) is 0 Å². The molecule has 1 aliphatic rings. The van der Waals surface area contributed by atoms with Crippen LogP contribution in [-0.4, -0.2) is 0 Å². The summed E-state index contributed by atoms with van der Waals surface area (Å²) in [6.45, 7) is 13.7. The Morgan fingerprint density at radius 2 is 1.64 bits per heavy atom. The van der Waals surface area contributed by atoms with Crippen molar-refractivity contribution in [2.75, 3.05) is 0 Å². The van der Waals surface area contributed by atoms with Crippen LogP contribution < -0.4 is 0 Å². The molecule has 0 heterocycles. The molecule has 0 aliphatic heterocycles. The molecular formula is C21H27I. The van der Waals surface area contributed by atoms with E-state index in [0.717, 1.165) is 6.42 Å². The first-order valence-corrected chi connectivity index (χ1v) is 9.12. The van der Waals surface area contributed by atoms with E-state index >= 15 is 0 Å². The zero-order valence-corrected chi connectivity index (χ0v) is 16.8. The van der Waals surface area contributed by atoms with Gasteiger partial charge in [0.2, 0.25) is 0 Å². The summed E-state index contributed by atoms with van der Waals surface area (Å²) in [5.41, 5.74) is 6.00. The van der Waals surface area contributed by atoms with E-state index in [1.54, 1.807) is 5.57 Å². The summed E-state index contributed by atoms with van der Waals surface area (Å²) in [6.07, 6.45) is 8.03. The lowest BCUT2D eigenvalue weighted by atomic mass is 9.60. The second-order valence-electron chi connectivity index (χ2n) is 7.25. The molecule has 22 heavy (non-hydrogen) atoms. The third-order valence-corrected chi connectivity index (χ3v) is 6.15. The molecule has 0 aromatic heterocycles. The molecule has 0 saturated carbocycles. The van der Waals surface area contributed by atoms with Gasteiger partial charge in [0, 0.05) is 8.99 Å². The Bertz CT molecular complexity index is 637. The van der Waals surface area contributed by atoms with Gasteiger partial charge in [-0.25, -0.2) is 0 Å². The molecule has 0 spiro atoms. The van der Waals surface area contributed by atoms with Crippen LogP contribution in [0.15, 0.2) is 48.1 Å². The third-order valence-electron chi connectivity index (χ3n) is 4.91. The van der Waals surface area contributed by atoms with Gasteiger partial charge < -0.3 is 0 Å². The van der Waals surface area contributed by atoms with Gasteiger partial charge in [-0.05, 0) is 65.0 Å². The molecule has 0 unspecified atom stereocenters. The molecule has 0 saturated heterocycles. The van der Waals surface area contributed by atoms with Crippen LogP contribution >= 0.6 is 22.6 Å². The molecule has 0 bridgehead atoms. The van der Waals surface area contributed by atoms with Crippen molar-refractivity contribution in [2.45, 2.75) is 48.0 Å². The van der Waals surface area contributed by atoms with Crippen molar-refractivity contribution >= 4 is 31.7 Å². The molecule has 118 valence electrons. The third kappa shape index (κ3) is 3.10. The van der Waals surface area contributed by atoms with Gasteiger partial charge in [0.1, 0.15) is 0 Å². The summed E-state index contributed by atoms with van der Waals surface area (Å²) in [7, 11) is 0. The maximum absolute atomic E-state index is 2.45. The van der Waals surface area contributed by atoms with E-state index in [2.05, 4.69) is 107 Å². The summed E-state index contributed by atoms with van der Waals surface area (Å²) in [5, 5.41) is 0. The number of halogens is 1. The fourth-order valence-corrected chi connectivity index (χ4v) is 4.28. The molecule has 0 amide bonds. The SMILES string of the molecule is C/C=C(\I)c1ccc(C2=CCC(C)(C)/C(=C\C)C2(C)C)cc1. The van der Waals surface area contributed by atoms with Gasteiger partial charge in [0.15, 0.2) is 0 Å². The highest BCUT2D eigenvalue weighted by molar-refractivity contribution is 14.1. The Balaban J connectivity index is 2.47. The predicted octanol–water partition coefficient (Wildman–Crippen LogP) is 7.27. The van der Waals surface area contributed by atoms with E-state index in [0.29, 0.717) is 0 Å². The Labute approximate surface area is 149 Å². The van der Waals surface area contributed by atoms with Gasteiger partial charge in [-0.15, -0.1) is 0 Å². The fourth-order valence-electron chi connectivity index (χ4n) is 3.92. The van der Waals surface area contributed by atoms with Gasteiger partial charge in [-0.1, -0.05) is 75.8 Å². The van der Waals surface area contributed by atoms with Crippen molar-refractivity contribution in [1.29, 1.82) is 0 Å². The lowest BCUT2D eigenvalue weighted by molar-refractivity contribution is 0.354. The summed E-state index contributed by atoms with van der Waals surface area (Å²) in [4.78, 5) is 0. The first kappa shape index (κ1) is 17.5. The van der Waals surface area contributed by atoms with Gasteiger partial charge >= 0.3 is 0 Å². The molecule has 1 heteroatoms. The van der Waals surface area contributed by atoms with Crippen LogP contribution in [0, 0.1) is 10.8 Å². The Morgan fingerprint density at radius 3 is 2.14 bits per heavy atom. The number of hydrogen-bond acceptors (Lipinski definition) is 0. The first-order valence-electron chi connectivity index (χ1n) is 8.04. The monoisotopic (exact) mass is 406 g/mol. The average molecular weight is 406 g/mol. The van der Waals surface area contributed by atoms with E-state index in [4.69, 9.17) is 0 Å². The molecule has 1 aromatic rings. The van der Waals surface area contributed by atoms with E-state index in [-0.39, 0.29) is 10.8 Å². The number of benzene rings is 1. The van der Waals surface area contributed by atoms with E-state index in [1.165, 1.54) is 20.3 Å². The van der Waals surface area contributed by atoms with Crippen molar-refractivity contribution in [2.24, 2.45) is 10.8 Å². The Morgan fingerprint density at radius 1 is 1.05 bits per heavy atom. The minimum absolute atomic E-state index is 0.0891. The molecule has 0 fully saturated rings. The van der Waals surface area contributed by atoms with Gasteiger partial charge in [-0.2, -0.15) is 0 Å². The maximum Gasteiger partial charge on any atom is 0.0160 e. The van der Waals surface area contributed by atoms with E-state index < -0.39 is 0 Å². The minimum Gasteiger partial charge on any atom is -0.0870 e. The second kappa shape index (κ2) is 6.35. The summed E-state index contributed by atoms with van der Waals surface area (Å²) < 4.78 is 1.30. The molecule has 2 rings (SSSR count). The summed E-state index contributed by atoms with van der Waals surface area (Å²) in [6, 6.07) is 9.03. The van der Waals surface area contributed by atoms with Gasteiger partial charge in [0.05, 0.1) is 0 Å². The molecule has 0 atom stereocenters. The van der Waals surface area contributed by atoms with Crippen molar-refractivity contribution < 1.29 is 0 Å². The topological polar surface area (TPSA) is 0 Å². The minimum atomic E-state index is 0.0891. The Hall–Kier alpha value is -0.830. The van der Waals surface area contributed by atoms with Crippen LogP contribution in [0.25, 0.3) is 9.15 Å². The number of hydrogen-bond donors (Lipinski definition) is 0. The van der Waals surface area contributed by atoms with E-state index in [1.807, 2.05) is 0 Å². The van der Waals surface area contributed by atoms with Gasteiger partial charge in [-0.3, -0.25) is 0 Å². The highest BCUT2D eigenvalue weighted by atomic mass is 127. The van der Waals surface area contributed by atoms with Crippen LogP contribution in [0.2, 0.25) is 0 Å². The normalized spacial score (nSPS) is 22.6. The summed E-state index contributed by atoms with van der Waals surface area (Å²) in [5.74, 6) is 0. The van der Waals surface area contributed by atoms with Crippen LogP contribution in [-0.2, 0) is 0 Å². The smallest absolute Gasteiger partial charge is 0.0160 e. The number of rotatable bonds is 2. The number of allylic oxidation sites excluding steroid dienone is 5. The highest BCUT2D eigenvalue weighted by Crippen LogP contribution is 2.53. The maximum atomic E-state index is 2.45. The lowest BCUT2D eigenvalue weighted by Gasteiger charge is -2.44. The zero-order chi connectivity index (χ0) is 16.5. The predicted molar refractivity (Wildman–Crippen MR) is 108 cm³/mol. The summed E-state index contributed by atoms with van der Waals surface area (Å²) >= 11 is 2.40. The van der Waals surface area contributed by atoms with Crippen molar-refractivity contribution in [3.05, 3.63) is 59.2 Å². The van der Waals surface area contributed by atoms with Crippen LogP contribution in [0.1, 0.15) is 59.1 Å². The molecule has 1 aliphatic carbocycles. The largest absolute Gasteiger partial charge is 0.0870 e. The molecule has 0 radical (unpaired) electrons. The quantitative estimate of drug-likeness (QED) is 0.358. The molecule has 0 nitrogen and oxygen atoms in total. The Kier molecular flexibility index (Phi) is 5.06. The van der Waals surface area contributed by atoms with Crippen LogP contribution in [0.5, 0.6) is 0 Å². The molecule has 0 N–H and O–H groups in total. The first-order chi connectivity index (χ1) is 10.2. The average Bonchev–Trinajstić information content (AvgIpc) is 2.46. The molecule has 1 aromatic carbocycles. The van der Waals surface area contributed by atoms with Crippen LogP contribution in [0.3, 0.4) is 0 Å². The zero-order valence-electron chi connectivity index (χ0n) is 14.6.